The normalized spacial score (nSPS) is 17.2. The fourth-order valence-corrected chi connectivity index (χ4v) is 3.29. The molecule has 6 nitrogen and oxygen atoms in total. The number of nitrogens with zero attached hydrogens (tertiary/aromatic N) is 5. The Balaban J connectivity index is 1.57. The molecule has 0 spiro atoms. The van der Waals surface area contributed by atoms with E-state index in [0.717, 1.165) is 18.4 Å². The van der Waals surface area contributed by atoms with Gasteiger partial charge < -0.3 is 4.90 Å². The number of aromatic nitrogens is 4. The number of rotatable bonds is 3. The summed E-state index contributed by atoms with van der Waals surface area (Å²) in [5, 5.41) is 8.58. The Hall–Kier alpha value is -2.96. The minimum absolute atomic E-state index is 0.0390. The predicted octanol–water partition coefficient (Wildman–Crippen LogP) is 2.72. The van der Waals surface area contributed by atoms with Gasteiger partial charge in [-0.1, -0.05) is 0 Å². The van der Waals surface area contributed by atoms with Crippen LogP contribution < -0.4 is 0 Å². The molecule has 4 rings (SSSR count). The summed E-state index contributed by atoms with van der Waals surface area (Å²) >= 11 is 0. The molecule has 1 atom stereocenters. The highest BCUT2D eigenvalue weighted by molar-refractivity contribution is 5.92. The fraction of sp³-hybridized carbons (Fsp3) is 0.278. The summed E-state index contributed by atoms with van der Waals surface area (Å²) in [4.78, 5) is 14.8. The summed E-state index contributed by atoms with van der Waals surface area (Å²) in [5.74, 6) is -0.393. The number of amides is 1. The molecule has 128 valence electrons. The second-order valence-corrected chi connectivity index (χ2v) is 6.23. The Morgan fingerprint density at radius 2 is 2.04 bits per heavy atom. The molecular formula is C18H18FN5O. The van der Waals surface area contributed by atoms with Gasteiger partial charge in [0.15, 0.2) is 5.69 Å². The maximum absolute atomic E-state index is 13.0. The molecule has 0 saturated carbocycles. The SMILES string of the molecule is Cn1cc([C@@H]2CCCN2C(=O)c2ccn(-c3ccc(F)cc3)n2)cn1. The molecule has 7 heteroatoms. The number of carbonyl (C=O) groups excluding carboxylic acids is 1. The molecule has 1 aliphatic heterocycles. The van der Waals surface area contributed by atoms with Crippen LogP contribution in [0.25, 0.3) is 5.69 Å². The van der Waals surface area contributed by atoms with Gasteiger partial charge in [-0.3, -0.25) is 9.48 Å². The maximum Gasteiger partial charge on any atom is 0.274 e. The fourth-order valence-electron chi connectivity index (χ4n) is 3.29. The van der Waals surface area contributed by atoms with Crippen molar-refractivity contribution in [3.05, 3.63) is 66.0 Å². The third kappa shape index (κ3) is 2.93. The summed E-state index contributed by atoms with van der Waals surface area (Å²) in [7, 11) is 1.87. The highest BCUT2D eigenvalue weighted by Crippen LogP contribution is 2.32. The van der Waals surface area contributed by atoms with Crippen molar-refractivity contribution in [2.24, 2.45) is 7.05 Å². The van der Waals surface area contributed by atoms with Crippen LogP contribution in [-0.4, -0.2) is 36.9 Å². The zero-order valence-electron chi connectivity index (χ0n) is 13.8. The number of hydrogen-bond acceptors (Lipinski definition) is 3. The van der Waals surface area contributed by atoms with Gasteiger partial charge in [-0.05, 0) is 43.2 Å². The lowest BCUT2D eigenvalue weighted by Gasteiger charge is -2.22. The topological polar surface area (TPSA) is 56.0 Å². The predicted molar refractivity (Wildman–Crippen MR) is 89.7 cm³/mol. The highest BCUT2D eigenvalue weighted by Gasteiger charge is 2.32. The highest BCUT2D eigenvalue weighted by atomic mass is 19.1. The molecule has 1 aliphatic rings. The summed E-state index contributed by atoms with van der Waals surface area (Å²) in [5.41, 5.74) is 2.15. The number of hydrogen-bond donors (Lipinski definition) is 0. The van der Waals surface area contributed by atoms with E-state index in [0.29, 0.717) is 17.9 Å². The smallest absolute Gasteiger partial charge is 0.274 e. The lowest BCUT2D eigenvalue weighted by Crippen LogP contribution is -2.30. The molecule has 0 aliphatic carbocycles. The minimum Gasteiger partial charge on any atom is -0.330 e. The zero-order valence-corrected chi connectivity index (χ0v) is 13.8. The molecule has 1 aromatic carbocycles. The van der Waals surface area contributed by atoms with Crippen LogP contribution in [0.2, 0.25) is 0 Å². The number of carbonyl (C=O) groups is 1. The van der Waals surface area contributed by atoms with Crippen molar-refractivity contribution in [2.45, 2.75) is 18.9 Å². The number of benzene rings is 1. The van der Waals surface area contributed by atoms with E-state index in [1.54, 1.807) is 33.8 Å². The van der Waals surface area contributed by atoms with Crippen molar-refractivity contribution in [3.63, 3.8) is 0 Å². The molecular weight excluding hydrogens is 321 g/mol. The second-order valence-electron chi connectivity index (χ2n) is 6.23. The first kappa shape index (κ1) is 15.6. The van der Waals surface area contributed by atoms with Gasteiger partial charge in [0.25, 0.3) is 5.91 Å². The Morgan fingerprint density at radius 1 is 1.24 bits per heavy atom. The van der Waals surface area contributed by atoms with Gasteiger partial charge in [0.05, 0.1) is 17.9 Å². The van der Waals surface area contributed by atoms with Crippen molar-refractivity contribution in [1.29, 1.82) is 0 Å². The molecule has 3 aromatic rings. The standard InChI is InChI=1S/C18H18FN5O/c1-22-12-13(11-20-22)17-3-2-9-23(17)18(25)16-8-10-24(21-16)15-6-4-14(19)5-7-15/h4-8,10-12,17H,2-3,9H2,1H3/t17-/m0/s1. The largest absolute Gasteiger partial charge is 0.330 e. The molecule has 0 bridgehead atoms. The van der Waals surface area contributed by atoms with Crippen LogP contribution in [0.1, 0.15) is 34.9 Å². The molecule has 1 fully saturated rings. The molecule has 1 saturated heterocycles. The lowest BCUT2D eigenvalue weighted by molar-refractivity contribution is 0.0729. The van der Waals surface area contributed by atoms with E-state index >= 15 is 0 Å². The molecule has 0 radical (unpaired) electrons. The second kappa shape index (κ2) is 6.16. The first-order chi connectivity index (χ1) is 12.1. The van der Waals surface area contributed by atoms with Crippen molar-refractivity contribution in [3.8, 4) is 5.69 Å². The first-order valence-corrected chi connectivity index (χ1v) is 8.23. The van der Waals surface area contributed by atoms with Crippen molar-refractivity contribution < 1.29 is 9.18 Å². The van der Waals surface area contributed by atoms with E-state index in [2.05, 4.69) is 10.2 Å². The number of aryl methyl sites for hydroxylation is 1. The zero-order chi connectivity index (χ0) is 17.4. The van der Waals surface area contributed by atoms with Gasteiger partial charge in [-0.15, -0.1) is 0 Å². The summed E-state index contributed by atoms with van der Waals surface area (Å²) in [6, 6.07) is 7.74. The Kier molecular flexibility index (Phi) is 3.83. The van der Waals surface area contributed by atoms with Crippen LogP contribution in [0.3, 0.4) is 0 Å². The van der Waals surface area contributed by atoms with Crippen LogP contribution in [0.5, 0.6) is 0 Å². The summed E-state index contributed by atoms with van der Waals surface area (Å²) in [6.45, 7) is 0.710. The Bertz CT molecular complexity index is 898. The average molecular weight is 339 g/mol. The van der Waals surface area contributed by atoms with Crippen LogP contribution in [0, 0.1) is 5.82 Å². The van der Waals surface area contributed by atoms with E-state index in [1.807, 2.05) is 24.3 Å². The quantitative estimate of drug-likeness (QED) is 0.737. The van der Waals surface area contributed by atoms with Gasteiger partial charge in [-0.25, -0.2) is 9.07 Å². The van der Waals surface area contributed by atoms with E-state index < -0.39 is 0 Å². The van der Waals surface area contributed by atoms with Crippen LogP contribution >= 0.6 is 0 Å². The van der Waals surface area contributed by atoms with E-state index in [4.69, 9.17) is 0 Å². The monoisotopic (exact) mass is 339 g/mol. The van der Waals surface area contributed by atoms with E-state index in [1.165, 1.54) is 12.1 Å². The van der Waals surface area contributed by atoms with E-state index in [9.17, 15) is 9.18 Å². The van der Waals surface area contributed by atoms with Crippen molar-refractivity contribution in [1.82, 2.24) is 24.5 Å². The molecule has 3 heterocycles. The van der Waals surface area contributed by atoms with E-state index in [-0.39, 0.29) is 17.8 Å². The molecule has 0 N–H and O–H groups in total. The average Bonchev–Trinajstić information content (AvgIpc) is 3.35. The molecule has 25 heavy (non-hydrogen) atoms. The third-order valence-corrected chi connectivity index (χ3v) is 4.52. The Morgan fingerprint density at radius 3 is 2.76 bits per heavy atom. The molecule has 1 amide bonds. The van der Waals surface area contributed by atoms with Crippen molar-refractivity contribution in [2.75, 3.05) is 6.54 Å². The lowest BCUT2D eigenvalue weighted by atomic mass is 10.1. The molecule has 0 unspecified atom stereocenters. The number of likely N-dealkylation sites (tertiary alicyclic amines) is 1. The van der Waals surface area contributed by atoms with Gasteiger partial charge >= 0.3 is 0 Å². The van der Waals surface area contributed by atoms with Gasteiger partial charge in [0, 0.05) is 31.5 Å². The van der Waals surface area contributed by atoms with Gasteiger partial charge in [0.1, 0.15) is 5.82 Å². The van der Waals surface area contributed by atoms with Crippen LogP contribution in [-0.2, 0) is 7.05 Å². The minimum atomic E-state index is -0.302. The van der Waals surface area contributed by atoms with Gasteiger partial charge in [0.2, 0.25) is 0 Å². The van der Waals surface area contributed by atoms with Crippen LogP contribution in [0.15, 0.2) is 48.9 Å². The Labute approximate surface area is 144 Å². The summed E-state index contributed by atoms with van der Waals surface area (Å²) < 4.78 is 16.4. The molecule has 2 aromatic heterocycles. The van der Waals surface area contributed by atoms with Crippen molar-refractivity contribution >= 4 is 5.91 Å². The maximum atomic E-state index is 13.0. The third-order valence-electron chi connectivity index (χ3n) is 4.52. The first-order valence-electron chi connectivity index (χ1n) is 8.23. The van der Waals surface area contributed by atoms with Gasteiger partial charge in [-0.2, -0.15) is 10.2 Å². The number of halogens is 1. The summed E-state index contributed by atoms with van der Waals surface area (Å²) in [6.07, 6.45) is 7.37. The van der Waals surface area contributed by atoms with Crippen LogP contribution in [0.4, 0.5) is 4.39 Å².